The predicted octanol–water partition coefficient (Wildman–Crippen LogP) is 2.13. The van der Waals surface area contributed by atoms with Crippen LogP contribution in [-0.4, -0.2) is 23.9 Å². The molecule has 0 spiro atoms. The summed E-state index contributed by atoms with van der Waals surface area (Å²) in [6, 6.07) is 4.02. The summed E-state index contributed by atoms with van der Waals surface area (Å²) in [5, 5.41) is 9.27. The van der Waals surface area contributed by atoms with Gasteiger partial charge < -0.3 is 9.69 Å². The number of anilines is 1. The summed E-state index contributed by atoms with van der Waals surface area (Å²) in [6.07, 6.45) is 4.00. The van der Waals surface area contributed by atoms with Crippen LogP contribution in [0.1, 0.15) is 36.2 Å². The average molecular weight is 243 g/mol. The molecule has 2 heterocycles. The normalized spacial score (nSPS) is 19.4. The Morgan fingerprint density at radius 3 is 2.94 bits per heavy atom. The first-order valence-corrected chi connectivity index (χ1v) is 6.27. The van der Waals surface area contributed by atoms with Gasteiger partial charge in [0.2, 0.25) is 0 Å². The van der Waals surface area contributed by atoms with Gasteiger partial charge in [0.05, 0.1) is 23.0 Å². The minimum atomic E-state index is -0.105. The van der Waals surface area contributed by atoms with E-state index in [4.69, 9.17) is 0 Å². The summed E-state index contributed by atoms with van der Waals surface area (Å²) < 4.78 is 0. The number of aryl methyl sites for hydroxylation is 2. The zero-order chi connectivity index (χ0) is 13.1. The summed E-state index contributed by atoms with van der Waals surface area (Å²) >= 11 is 0. The van der Waals surface area contributed by atoms with E-state index < -0.39 is 0 Å². The van der Waals surface area contributed by atoms with Crippen molar-refractivity contribution in [3.05, 3.63) is 23.0 Å². The molecule has 4 heteroatoms. The molecule has 1 aromatic heterocycles. The molecule has 1 fully saturated rings. The summed E-state index contributed by atoms with van der Waals surface area (Å²) in [5.74, 6) is 0. The molecule has 1 unspecified atom stereocenters. The van der Waals surface area contributed by atoms with Crippen molar-refractivity contribution in [2.45, 2.75) is 39.2 Å². The van der Waals surface area contributed by atoms with Crippen molar-refractivity contribution in [2.24, 2.45) is 0 Å². The maximum atomic E-state index is 11.2. The zero-order valence-electron chi connectivity index (χ0n) is 10.8. The van der Waals surface area contributed by atoms with Crippen LogP contribution in [0.3, 0.4) is 0 Å². The molecule has 0 aliphatic carbocycles. The van der Waals surface area contributed by atoms with Crippen LogP contribution in [0.25, 0.3) is 0 Å². The van der Waals surface area contributed by atoms with Crippen LogP contribution in [0.5, 0.6) is 0 Å². The zero-order valence-corrected chi connectivity index (χ0v) is 10.8. The summed E-state index contributed by atoms with van der Waals surface area (Å²) in [6.45, 7) is 4.59. The summed E-state index contributed by atoms with van der Waals surface area (Å²) in [4.78, 5) is 17.5. The third-order valence-corrected chi connectivity index (χ3v) is 3.44. The highest BCUT2D eigenvalue weighted by Crippen LogP contribution is 2.28. The highest BCUT2D eigenvalue weighted by Gasteiger charge is 2.25. The molecule has 1 aliphatic heterocycles. The van der Waals surface area contributed by atoms with E-state index in [9.17, 15) is 10.1 Å². The van der Waals surface area contributed by atoms with Crippen LogP contribution >= 0.6 is 0 Å². The van der Waals surface area contributed by atoms with Gasteiger partial charge in [0.15, 0.2) is 0 Å². The van der Waals surface area contributed by atoms with Gasteiger partial charge in [-0.3, -0.25) is 4.98 Å². The van der Waals surface area contributed by atoms with E-state index in [1.54, 1.807) is 0 Å². The van der Waals surface area contributed by atoms with E-state index >= 15 is 0 Å². The molecule has 1 atom stereocenters. The Labute approximate surface area is 107 Å². The summed E-state index contributed by atoms with van der Waals surface area (Å²) in [7, 11) is 0. The van der Waals surface area contributed by atoms with Gasteiger partial charge in [0.25, 0.3) is 0 Å². The first-order chi connectivity index (χ1) is 8.67. The van der Waals surface area contributed by atoms with Gasteiger partial charge in [0.1, 0.15) is 12.4 Å². The fourth-order valence-electron chi connectivity index (χ4n) is 2.57. The van der Waals surface area contributed by atoms with Crippen molar-refractivity contribution in [3.8, 4) is 6.07 Å². The smallest absolute Gasteiger partial charge is 0.142 e. The highest BCUT2D eigenvalue weighted by molar-refractivity contribution is 5.70. The topological polar surface area (TPSA) is 57.0 Å². The second-order valence-electron chi connectivity index (χ2n) is 4.75. The minimum Gasteiger partial charge on any atom is -0.361 e. The van der Waals surface area contributed by atoms with Crippen molar-refractivity contribution < 1.29 is 4.79 Å². The Morgan fingerprint density at radius 1 is 1.50 bits per heavy atom. The van der Waals surface area contributed by atoms with Crippen molar-refractivity contribution in [1.29, 1.82) is 5.26 Å². The second-order valence-corrected chi connectivity index (χ2v) is 4.75. The fraction of sp³-hybridized carbons (Fsp3) is 0.500. The lowest BCUT2D eigenvalue weighted by molar-refractivity contribution is -0.109. The number of aromatic nitrogens is 1. The number of carbonyl (C=O) groups is 1. The Hall–Kier alpha value is -1.89. The molecule has 2 rings (SSSR count). The number of pyridine rings is 1. The molecule has 0 saturated carbocycles. The van der Waals surface area contributed by atoms with Gasteiger partial charge in [-0.25, -0.2) is 0 Å². The van der Waals surface area contributed by atoms with Gasteiger partial charge in [-0.1, -0.05) is 0 Å². The number of carbonyl (C=O) groups excluding carboxylic acids is 1. The Balaban J connectivity index is 2.49. The van der Waals surface area contributed by atoms with Crippen LogP contribution in [0, 0.1) is 25.2 Å². The van der Waals surface area contributed by atoms with Crippen molar-refractivity contribution in [2.75, 3.05) is 11.4 Å². The Bertz CT molecular complexity index is 504. The monoisotopic (exact) mass is 243 g/mol. The van der Waals surface area contributed by atoms with E-state index in [0.717, 1.165) is 49.2 Å². The van der Waals surface area contributed by atoms with Crippen molar-refractivity contribution in [3.63, 3.8) is 0 Å². The summed E-state index contributed by atoms with van der Waals surface area (Å²) in [5.41, 5.74) is 3.08. The second kappa shape index (κ2) is 5.18. The van der Waals surface area contributed by atoms with Crippen LogP contribution in [0.2, 0.25) is 0 Å². The number of nitrogens with zero attached hydrogens (tertiary/aromatic N) is 3. The van der Waals surface area contributed by atoms with Crippen LogP contribution in [-0.2, 0) is 4.79 Å². The first kappa shape index (κ1) is 12.6. The number of piperidine rings is 1. The quantitative estimate of drug-likeness (QED) is 0.747. The number of hydrogen-bond donors (Lipinski definition) is 0. The van der Waals surface area contributed by atoms with Crippen LogP contribution in [0.15, 0.2) is 6.07 Å². The molecular weight excluding hydrogens is 226 g/mol. The molecule has 0 radical (unpaired) electrons. The standard InChI is InChI=1S/C14H17N3O/c1-10-7-14(13(8-15)11(2)16-10)17-6-4-3-5-12(17)9-18/h7,9,12H,3-6H2,1-2H3. The third kappa shape index (κ3) is 2.21. The lowest BCUT2D eigenvalue weighted by atomic mass is 10.0. The number of aldehydes is 1. The molecule has 0 aromatic carbocycles. The van der Waals surface area contributed by atoms with Gasteiger partial charge >= 0.3 is 0 Å². The van der Waals surface area contributed by atoms with E-state index in [1.165, 1.54) is 0 Å². The molecule has 18 heavy (non-hydrogen) atoms. The molecule has 0 bridgehead atoms. The predicted molar refractivity (Wildman–Crippen MR) is 69.5 cm³/mol. The highest BCUT2D eigenvalue weighted by atomic mass is 16.1. The lowest BCUT2D eigenvalue weighted by Crippen LogP contribution is -2.41. The molecular formula is C14H17N3O. The van der Waals surface area contributed by atoms with Gasteiger partial charge in [-0.15, -0.1) is 0 Å². The SMILES string of the molecule is Cc1cc(N2CCCCC2C=O)c(C#N)c(C)n1. The van der Waals surface area contributed by atoms with E-state index in [2.05, 4.69) is 16.0 Å². The maximum absolute atomic E-state index is 11.2. The van der Waals surface area contributed by atoms with Crippen molar-refractivity contribution >= 4 is 12.0 Å². The van der Waals surface area contributed by atoms with Crippen molar-refractivity contribution in [1.82, 2.24) is 4.98 Å². The number of hydrogen-bond acceptors (Lipinski definition) is 4. The average Bonchev–Trinajstić information content (AvgIpc) is 2.38. The fourth-order valence-corrected chi connectivity index (χ4v) is 2.57. The molecule has 1 aliphatic rings. The number of rotatable bonds is 2. The third-order valence-electron chi connectivity index (χ3n) is 3.44. The first-order valence-electron chi connectivity index (χ1n) is 6.27. The molecule has 0 N–H and O–H groups in total. The Morgan fingerprint density at radius 2 is 2.28 bits per heavy atom. The lowest BCUT2D eigenvalue weighted by Gasteiger charge is -2.35. The van der Waals surface area contributed by atoms with E-state index in [-0.39, 0.29) is 6.04 Å². The number of nitriles is 1. The minimum absolute atomic E-state index is 0.105. The largest absolute Gasteiger partial charge is 0.361 e. The molecule has 94 valence electrons. The molecule has 1 aromatic rings. The van der Waals surface area contributed by atoms with Crippen LogP contribution < -0.4 is 4.90 Å². The molecule has 4 nitrogen and oxygen atoms in total. The molecule has 0 amide bonds. The van der Waals surface area contributed by atoms with Gasteiger partial charge in [-0.2, -0.15) is 5.26 Å². The Kier molecular flexibility index (Phi) is 3.61. The van der Waals surface area contributed by atoms with Gasteiger partial charge in [0, 0.05) is 12.2 Å². The van der Waals surface area contributed by atoms with Crippen LogP contribution in [0.4, 0.5) is 5.69 Å². The molecule has 1 saturated heterocycles. The van der Waals surface area contributed by atoms with E-state index in [1.807, 2.05) is 19.9 Å². The van der Waals surface area contributed by atoms with Gasteiger partial charge in [-0.05, 0) is 39.2 Å². The van der Waals surface area contributed by atoms with E-state index in [0.29, 0.717) is 5.56 Å². The maximum Gasteiger partial charge on any atom is 0.142 e.